The number of para-hydroxylation sites is 2. The second kappa shape index (κ2) is 11.6. The van der Waals surface area contributed by atoms with Crippen LogP contribution in [0.3, 0.4) is 0 Å². The van der Waals surface area contributed by atoms with Crippen molar-refractivity contribution in [2.75, 3.05) is 62.6 Å². The summed E-state index contributed by atoms with van der Waals surface area (Å²) in [6, 6.07) is 18.8. The highest BCUT2D eigenvalue weighted by atomic mass is 16.5. The summed E-state index contributed by atoms with van der Waals surface area (Å²) in [5.41, 5.74) is 3.38. The molecule has 1 saturated heterocycles. The van der Waals surface area contributed by atoms with E-state index in [9.17, 15) is 9.59 Å². The number of carbonyl (C=O) groups is 2. The van der Waals surface area contributed by atoms with Gasteiger partial charge < -0.3 is 34.6 Å². The van der Waals surface area contributed by atoms with E-state index in [1.807, 2.05) is 30.3 Å². The Bertz CT molecular complexity index is 1350. The molecular formula is C30H34N4O5. The number of carbonyl (C=O) groups excluding carboxylic acids is 2. The minimum Gasteiger partial charge on any atom is -0.497 e. The monoisotopic (exact) mass is 530 g/mol. The van der Waals surface area contributed by atoms with Gasteiger partial charge in [-0.3, -0.25) is 9.59 Å². The quantitative estimate of drug-likeness (QED) is 0.429. The molecule has 2 N–H and O–H groups in total. The molecule has 3 aromatic carbocycles. The number of ether oxygens (including phenoxy) is 3. The summed E-state index contributed by atoms with van der Waals surface area (Å²) in [6.45, 7) is 3.08. The van der Waals surface area contributed by atoms with Crippen molar-refractivity contribution in [1.29, 1.82) is 0 Å². The normalized spacial score (nSPS) is 14.9. The first kappa shape index (κ1) is 26.2. The summed E-state index contributed by atoms with van der Waals surface area (Å²) in [6.07, 6.45) is 1.98. The van der Waals surface area contributed by atoms with Gasteiger partial charge in [0.1, 0.15) is 17.2 Å². The zero-order chi connectivity index (χ0) is 27.4. The van der Waals surface area contributed by atoms with Crippen molar-refractivity contribution in [1.82, 2.24) is 5.32 Å². The van der Waals surface area contributed by atoms with Gasteiger partial charge in [-0.05, 0) is 55.3 Å². The van der Waals surface area contributed by atoms with Gasteiger partial charge in [0.15, 0.2) is 0 Å². The van der Waals surface area contributed by atoms with E-state index in [4.69, 9.17) is 14.2 Å². The molecule has 2 amide bonds. The van der Waals surface area contributed by atoms with E-state index in [1.165, 1.54) is 7.11 Å². The number of hydrogen-bond acceptors (Lipinski definition) is 7. The molecule has 0 aromatic heterocycles. The zero-order valence-electron chi connectivity index (χ0n) is 22.5. The largest absolute Gasteiger partial charge is 0.497 e. The third kappa shape index (κ3) is 5.87. The highest BCUT2D eigenvalue weighted by Crippen LogP contribution is 2.32. The van der Waals surface area contributed by atoms with Crippen LogP contribution >= 0.6 is 0 Å². The minimum atomic E-state index is -0.332. The maximum atomic E-state index is 13.3. The van der Waals surface area contributed by atoms with Gasteiger partial charge >= 0.3 is 0 Å². The molecule has 3 aromatic rings. The molecule has 9 heteroatoms. The van der Waals surface area contributed by atoms with Crippen molar-refractivity contribution in [2.24, 2.45) is 0 Å². The van der Waals surface area contributed by atoms with Crippen LogP contribution in [0.5, 0.6) is 17.2 Å². The number of piperazine rings is 1. The summed E-state index contributed by atoms with van der Waals surface area (Å²) in [5, 5.41) is 6.03. The number of benzene rings is 3. The second-order valence-corrected chi connectivity index (χ2v) is 9.65. The smallest absolute Gasteiger partial charge is 0.259 e. The molecule has 2 fully saturated rings. The molecule has 204 valence electrons. The van der Waals surface area contributed by atoms with Crippen LogP contribution < -0.4 is 34.6 Å². The lowest BCUT2D eigenvalue weighted by Crippen LogP contribution is -2.47. The SMILES string of the molecule is COc1ccc(C(=O)Nc2ccc(N3CCN(c4ccccc4OC)CC3)c(C(=O)NC3CC3)c2)c(OC)c1. The van der Waals surface area contributed by atoms with Gasteiger partial charge in [0.2, 0.25) is 0 Å². The van der Waals surface area contributed by atoms with Crippen LogP contribution in [0.25, 0.3) is 0 Å². The number of nitrogens with one attached hydrogen (secondary N) is 2. The van der Waals surface area contributed by atoms with Gasteiger partial charge in [0, 0.05) is 49.7 Å². The molecule has 1 heterocycles. The molecule has 1 aliphatic heterocycles. The fourth-order valence-electron chi connectivity index (χ4n) is 4.83. The Morgan fingerprint density at radius 1 is 0.718 bits per heavy atom. The van der Waals surface area contributed by atoms with E-state index >= 15 is 0 Å². The first-order valence-electron chi connectivity index (χ1n) is 13.1. The van der Waals surface area contributed by atoms with Crippen molar-refractivity contribution in [3.8, 4) is 17.2 Å². The van der Waals surface area contributed by atoms with Crippen molar-refractivity contribution in [3.05, 3.63) is 71.8 Å². The lowest BCUT2D eigenvalue weighted by molar-refractivity contribution is 0.0950. The molecule has 0 atom stereocenters. The topological polar surface area (TPSA) is 92.4 Å². The van der Waals surface area contributed by atoms with Gasteiger partial charge in [-0.1, -0.05) is 12.1 Å². The van der Waals surface area contributed by atoms with Crippen molar-refractivity contribution < 1.29 is 23.8 Å². The van der Waals surface area contributed by atoms with Gasteiger partial charge in [0.05, 0.1) is 38.1 Å². The average molecular weight is 531 g/mol. The lowest BCUT2D eigenvalue weighted by atomic mass is 10.1. The average Bonchev–Trinajstić information content (AvgIpc) is 3.80. The zero-order valence-corrected chi connectivity index (χ0v) is 22.5. The maximum absolute atomic E-state index is 13.3. The molecule has 0 radical (unpaired) electrons. The fraction of sp³-hybridized carbons (Fsp3) is 0.333. The van der Waals surface area contributed by atoms with Crippen LogP contribution in [-0.4, -0.2) is 65.4 Å². The third-order valence-corrected chi connectivity index (χ3v) is 7.11. The van der Waals surface area contributed by atoms with Crippen LogP contribution in [0.1, 0.15) is 33.6 Å². The van der Waals surface area contributed by atoms with Gasteiger partial charge in [0.25, 0.3) is 11.8 Å². The van der Waals surface area contributed by atoms with Crippen LogP contribution in [0.2, 0.25) is 0 Å². The summed E-state index contributed by atoms with van der Waals surface area (Å²) in [5.74, 6) is 1.39. The van der Waals surface area contributed by atoms with Crippen molar-refractivity contribution >= 4 is 28.9 Å². The van der Waals surface area contributed by atoms with Crippen molar-refractivity contribution in [3.63, 3.8) is 0 Å². The Hall–Kier alpha value is -4.40. The van der Waals surface area contributed by atoms with E-state index in [-0.39, 0.29) is 17.9 Å². The standard InChI is InChI=1S/C30H34N4O5/c1-37-22-11-12-23(28(19-22)39-3)29(35)32-21-10-13-25(24(18-21)30(36)31-20-8-9-20)33-14-16-34(17-15-33)26-6-4-5-7-27(26)38-2/h4-7,10-13,18-20H,8-9,14-17H2,1-3H3,(H,31,36)(H,32,35). The molecule has 9 nitrogen and oxygen atoms in total. The molecule has 0 spiro atoms. The Labute approximate surface area is 228 Å². The first-order chi connectivity index (χ1) is 19.0. The van der Waals surface area contributed by atoms with E-state index in [0.29, 0.717) is 28.3 Å². The van der Waals surface area contributed by atoms with Crippen molar-refractivity contribution in [2.45, 2.75) is 18.9 Å². The van der Waals surface area contributed by atoms with Crippen LogP contribution in [0.4, 0.5) is 17.1 Å². The number of nitrogens with zero attached hydrogens (tertiary/aromatic N) is 2. The number of anilines is 3. The highest BCUT2D eigenvalue weighted by Gasteiger charge is 2.28. The molecular weight excluding hydrogens is 496 g/mol. The Morgan fingerprint density at radius 3 is 2.08 bits per heavy atom. The Kier molecular flexibility index (Phi) is 7.76. The number of rotatable bonds is 9. The minimum absolute atomic E-state index is 0.127. The van der Waals surface area contributed by atoms with E-state index in [0.717, 1.165) is 56.1 Å². The molecule has 5 rings (SSSR count). The predicted molar refractivity (Wildman–Crippen MR) is 152 cm³/mol. The third-order valence-electron chi connectivity index (χ3n) is 7.11. The van der Waals surface area contributed by atoms with Crippen LogP contribution in [0.15, 0.2) is 60.7 Å². The summed E-state index contributed by atoms with van der Waals surface area (Å²) in [7, 11) is 4.75. The molecule has 2 aliphatic rings. The number of hydrogen-bond donors (Lipinski definition) is 2. The number of amides is 2. The Morgan fingerprint density at radius 2 is 1.41 bits per heavy atom. The highest BCUT2D eigenvalue weighted by molar-refractivity contribution is 6.08. The summed E-state index contributed by atoms with van der Waals surface area (Å²) >= 11 is 0. The van der Waals surface area contributed by atoms with Gasteiger partial charge in [-0.25, -0.2) is 0 Å². The molecule has 0 unspecified atom stereocenters. The van der Waals surface area contributed by atoms with Crippen LogP contribution in [0, 0.1) is 0 Å². The molecule has 1 saturated carbocycles. The molecule has 0 bridgehead atoms. The molecule has 39 heavy (non-hydrogen) atoms. The second-order valence-electron chi connectivity index (χ2n) is 9.65. The van der Waals surface area contributed by atoms with Gasteiger partial charge in [-0.15, -0.1) is 0 Å². The first-order valence-corrected chi connectivity index (χ1v) is 13.1. The van der Waals surface area contributed by atoms with E-state index in [1.54, 1.807) is 38.5 Å². The summed E-state index contributed by atoms with van der Waals surface area (Å²) in [4.78, 5) is 30.9. The van der Waals surface area contributed by atoms with Crippen LogP contribution in [-0.2, 0) is 0 Å². The number of methoxy groups -OCH3 is 3. The maximum Gasteiger partial charge on any atom is 0.259 e. The fourth-order valence-corrected chi connectivity index (χ4v) is 4.83. The van der Waals surface area contributed by atoms with E-state index in [2.05, 4.69) is 26.5 Å². The lowest BCUT2D eigenvalue weighted by Gasteiger charge is -2.38. The van der Waals surface area contributed by atoms with Gasteiger partial charge in [-0.2, -0.15) is 0 Å². The Balaban J connectivity index is 1.36. The predicted octanol–water partition coefficient (Wildman–Crippen LogP) is 4.18. The molecule has 1 aliphatic carbocycles. The van der Waals surface area contributed by atoms with E-state index < -0.39 is 0 Å². The summed E-state index contributed by atoms with van der Waals surface area (Å²) < 4.78 is 16.2.